The van der Waals surface area contributed by atoms with Crippen molar-refractivity contribution >= 4 is 17.4 Å². The summed E-state index contributed by atoms with van der Waals surface area (Å²) in [6.07, 6.45) is 4.62. The van der Waals surface area contributed by atoms with Crippen LogP contribution in [-0.4, -0.2) is 43.4 Å². The van der Waals surface area contributed by atoms with Gasteiger partial charge in [-0.3, -0.25) is 4.79 Å². The number of halogens is 1. The third-order valence-electron chi connectivity index (χ3n) is 5.00. The summed E-state index contributed by atoms with van der Waals surface area (Å²) in [7, 11) is 0. The van der Waals surface area contributed by atoms with Crippen molar-refractivity contribution in [2.45, 2.75) is 25.7 Å². The number of hydrogen-bond donors (Lipinski definition) is 1. The van der Waals surface area contributed by atoms with Gasteiger partial charge >= 0.3 is 0 Å². The van der Waals surface area contributed by atoms with E-state index in [4.69, 9.17) is 11.6 Å². The van der Waals surface area contributed by atoms with Crippen LogP contribution in [0, 0.1) is 11.8 Å². The van der Waals surface area contributed by atoms with E-state index in [2.05, 4.69) is 10.2 Å². The summed E-state index contributed by atoms with van der Waals surface area (Å²) in [5.74, 6) is 1.26. The first-order valence-electron chi connectivity index (χ1n) is 8.45. The molecule has 0 saturated carbocycles. The highest BCUT2D eigenvalue weighted by Crippen LogP contribution is 2.24. The standard InChI is InChI=1S/C18H25ClN2O/c19-17-5-3-15(4-6-17)18(22)16-7-10-21(11-8-16)13-14-2-1-9-20-12-14/h3-6,14,16,20H,1-2,7-13H2. The van der Waals surface area contributed by atoms with Gasteiger partial charge in [-0.05, 0) is 82.0 Å². The summed E-state index contributed by atoms with van der Waals surface area (Å²) in [4.78, 5) is 15.1. The SMILES string of the molecule is O=C(c1ccc(Cl)cc1)C1CCN(CC2CCCNC2)CC1. The molecule has 2 aliphatic heterocycles. The van der Waals surface area contributed by atoms with Crippen LogP contribution in [0.5, 0.6) is 0 Å². The van der Waals surface area contributed by atoms with Crippen molar-refractivity contribution in [3.05, 3.63) is 34.9 Å². The monoisotopic (exact) mass is 320 g/mol. The molecule has 1 unspecified atom stereocenters. The van der Waals surface area contributed by atoms with Crippen molar-refractivity contribution < 1.29 is 4.79 Å². The van der Waals surface area contributed by atoms with E-state index in [0.717, 1.165) is 44.0 Å². The number of nitrogens with zero attached hydrogens (tertiary/aromatic N) is 1. The van der Waals surface area contributed by atoms with Crippen LogP contribution in [0.4, 0.5) is 0 Å². The van der Waals surface area contributed by atoms with Gasteiger partial charge in [-0.15, -0.1) is 0 Å². The Labute approximate surface area is 138 Å². The van der Waals surface area contributed by atoms with Crippen LogP contribution in [0.15, 0.2) is 24.3 Å². The zero-order valence-electron chi connectivity index (χ0n) is 13.1. The highest BCUT2D eigenvalue weighted by atomic mass is 35.5. The van der Waals surface area contributed by atoms with Crippen molar-refractivity contribution in [3.8, 4) is 0 Å². The van der Waals surface area contributed by atoms with E-state index in [0.29, 0.717) is 5.02 Å². The van der Waals surface area contributed by atoms with E-state index in [9.17, 15) is 4.79 Å². The van der Waals surface area contributed by atoms with E-state index in [-0.39, 0.29) is 11.7 Å². The predicted octanol–water partition coefficient (Wildman–Crippen LogP) is 3.23. The van der Waals surface area contributed by atoms with Gasteiger partial charge in [0.25, 0.3) is 0 Å². The molecule has 4 heteroatoms. The molecular formula is C18H25ClN2O. The summed E-state index contributed by atoms with van der Waals surface area (Å²) in [6, 6.07) is 7.31. The van der Waals surface area contributed by atoms with Crippen molar-refractivity contribution in [3.63, 3.8) is 0 Å². The number of carbonyl (C=O) groups is 1. The van der Waals surface area contributed by atoms with Crippen molar-refractivity contribution in [1.82, 2.24) is 10.2 Å². The molecule has 1 N–H and O–H groups in total. The van der Waals surface area contributed by atoms with Crippen LogP contribution in [0.2, 0.25) is 5.02 Å². The molecule has 3 rings (SSSR count). The van der Waals surface area contributed by atoms with Gasteiger partial charge in [-0.2, -0.15) is 0 Å². The normalized spacial score (nSPS) is 24.3. The fourth-order valence-electron chi connectivity index (χ4n) is 3.67. The second kappa shape index (κ2) is 7.58. The lowest BCUT2D eigenvalue weighted by Gasteiger charge is -2.35. The molecule has 0 aliphatic carbocycles. The summed E-state index contributed by atoms with van der Waals surface area (Å²) in [5.41, 5.74) is 0.805. The molecule has 0 amide bonds. The molecule has 2 heterocycles. The Kier molecular flexibility index (Phi) is 5.51. The Hall–Kier alpha value is -0.900. The van der Waals surface area contributed by atoms with Crippen molar-refractivity contribution in [2.24, 2.45) is 11.8 Å². The number of piperidine rings is 2. The van der Waals surface area contributed by atoms with E-state index in [1.54, 1.807) is 12.1 Å². The van der Waals surface area contributed by atoms with E-state index < -0.39 is 0 Å². The Morgan fingerprint density at radius 1 is 1.18 bits per heavy atom. The largest absolute Gasteiger partial charge is 0.316 e. The van der Waals surface area contributed by atoms with Gasteiger partial charge in [0.05, 0.1) is 0 Å². The maximum Gasteiger partial charge on any atom is 0.166 e. The first kappa shape index (κ1) is 16.0. The van der Waals surface area contributed by atoms with Crippen LogP contribution in [0.3, 0.4) is 0 Å². The molecule has 1 aromatic carbocycles. The number of benzene rings is 1. The van der Waals surface area contributed by atoms with E-state index >= 15 is 0 Å². The summed E-state index contributed by atoms with van der Waals surface area (Å²) in [5, 5.41) is 4.17. The molecule has 3 nitrogen and oxygen atoms in total. The smallest absolute Gasteiger partial charge is 0.166 e. The molecule has 0 radical (unpaired) electrons. The number of nitrogens with one attached hydrogen (secondary N) is 1. The van der Waals surface area contributed by atoms with E-state index in [1.807, 2.05) is 12.1 Å². The minimum atomic E-state index is 0.182. The zero-order chi connectivity index (χ0) is 15.4. The first-order valence-corrected chi connectivity index (χ1v) is 8.83. The number of Topliss-reactive ketones (excluding diaryl/α,β-unsaturated/α-hetero) is 1. The highest BCUT2D eigenvalue weighted by molar-refractivity contribution is 6.30. The lowest BCUT2D eigenvalue weighted by Crippen LogP contribution is -2.42. The maximum absolute atomic E-state index is 12.5. The number of ketones is 1. The molecule has 22 heavy (non-hydrogen) atoms. The number of likely N-dealkylation sites (tertiary alicyclic amines) is 1. The quantitative estimate of drug-likeness (QED) is 0.864. The Morgan fingerprint density at radius 2 is 1.91 bits per heavy atom. The van der Waals surface area contributed by atoms with Gasteiger partial charge in [-0.1, -0.05) is 11.6 Å². The average Bonchev–Trinajstić information content (AvgIpc) is 2.57. The minimum absolute atomic E-state index is 0.182. The lowest BCUT2D eigenvalue weighted by atomic mass is 9.88. The molecule has 0 spiro atoms. The second-order valence-electron chi connectivity index (χ2n) is 6.66. The van der Waals surface area contributed by atoms with Gasteiger partial charge in [-0.25, -0.2) is 0 Å². The third kappa shape index (κ3) is 4.09. The van der Waals surface area contributed by atoms with Crippen LogP contribution in [0.1, 0.15) is 36.0 Å². The first-order chi connectivity index (χ1) is 10.7. The van der Waals surface area contributed by atoms with Gasteiger partial charge in [0.15, 0.2) is 5.78 Å². The molecule has 2 aliphatic rings. The Bertz CT molecular complexity index is 488. The predicted molar refractivity (Wildman–Crippen MR) is 90.5 cm³/mol. The van der Waals surface area contributed by atoms with Crippen molar-refractivity contribution in [2.75, 3.05) is 32.7 Å². The second-order valence-corrected chi connectivity index (χ2v) is 7.09. The summed E-state index contributed by atoms with van der Waals surface area (Å²) < 4.78 is 0. The van der Waals surface area contributed by atoms with Gasteiger partial charge in [0.1, 0.15) is 0 Å². The molecule has 1 atom stereocenters. The van der Waals surface area contributed by atoms with Gasteiger partial charge in [0, 0.05) is 23.0 Å². The average molecular weight is 321 g/mol. The molecular weight excluding hydrogens is 296 g/mol. The molecule has 2 fully saturated rings. The van der Waals surface area contributed by atoms with Gasteiger partial charge in [0.2, 0.25) is 0 Å². The Morgan fingerprint density at radius 3 is 2.55 bits per heavy atom. The Balaban J connectivity index is 1.48. The van der Waals surface area contributed by atoms with Gasteiger partial charge < -0.3 is 10.2 Å². The van der Waals surface area contributed by atoms with Crippen LogP contribution < -0.4 is 5.32 Å². The number of hydrogen-bond acceptors (Lipinski definition) is 3. The topological polar surface area (TPSA) is 32.3 Å². The highest BCUT2D eigenvalue weighted by Gasteiger charge is 2.27. The molecule has 2 saturated heterocycles. The lowest BCUT2D eigenvalue weighted by molar-refractivity contribution is 0.0820. The molecule has 0 bridgehead atoms. The summed E-state index contributed by atoms with van der Waals surface area (Å²) in [6.45, 7) is 5.63. The molecule has 1 aromatic rings. The minimum Gasteiger partial charge on any atom is -0.316 e. The van der Waals surface area contributed by atoms with Crippen LogP contribution >= 0.6 is 11.6 Å². The number of rotatable bonds is 4. The molecule has 120 valence electrons. The number of carbonyl (C=O) groups excluding carboxylic acids is 1. The third-order valence-corrected chi connectivity index (χ3v) is 5.25. The zero-order valence-corrected chi connectivity index (χ0v) is 13.8. The summed E-state index contributed by atoms with van der Waals surface area (Å²) >= 11 is 5.89. The van der Waals surface area contributed by atoms with Crippen molar-refractivity contribution in [1.29, 1.82) is 0 Å². The van der Waals surface area contributed by atoms with E-state index in [1.165, 1.54) is 25.9 Å². The fourth-order valence-corrected chi connectivity index (χ4v) is 3.80. The fraction of sp³-hybridized carbons (Fsp3) is 0.611. The van der Waals surface area contributed by atoms with Crippen LogP contribution in [-0.2, 0) is 0 Å². The van der Waals surface area contributed by atoms with Crippen LogP contribution in [0.25, 0.3) is 0 Å². The maximum atomic E-state index is 12.5. The molecule has 0 aromatic heterocycles.